The van der Waals surface area contributed by atoms with Gasteiger partial charge in [0.15, 0.2) is 0 Å². The van der Waals surface area contributed by atoms with Gasteiger partial charge in [-0.1, -0.05) is 18.2 Å². The van der Waals surface area contributed by atoms with Crippen molar-refractivity contribution in [2.45, 2.75) is 95.1 Å². The van der Waals surface area contributed by atoms with Gasteiger partial charge in [0, 0.05) is 49.6 Å². The van der Waals surface area contributed by atoms with Crippen LogP contribution in [0, 0.1) is 5.92 Å². The molecule has 2 aliphatic heterocycles. The standard InChI is InChI=1S/C41H47F4N7O4/c1-24(2)56-33-19-36-47-32(22-52(36)21-30(33)40(55)48-35-6-4-5-31(46-35)38(42)43)27-9-7-25(8-10-27)20-50(3)34-17-18-51(23-41(34,44)45)28-13-11-26(12-14-28)29-15-16-37(53)49-39(29)54/h4-6,11-14,19,21-22,24-25,27,29,34,38H,7-10,15-18,20,23H2,1-3H3,(H,46,48,55)(H,49,53,54). The molecular formula is C41H47F4N7O4. The third kappa shape index (κ3) is 8.67. The molecule has 3 aliphatic rings. The van der Waals surface area contributed by atoms with Crippen molar-refractivity contribution < 1.29 is 36.7 Å². The van der Waals surface area contributed by atoms with E-state index < -0.39 is 42.5 Å². The number of nitrogens with zero attached hydrogens (tertiary/aromatic N) is 5. The predicted octanol–water partition coefficient (Wildman–Crippen LogP) is 7.35. The highest BCUT2D eigenvalue weighted by molar-refractivity contribution is 6.06. The molecule has 5 heterocycles. The fraction of sp³-hybridized carbons (Fsp3) is 0.488. The van der Waals surface area contributed by atoms with E-state index in [4.69, 9.17) is 9.72 Å². The first-order chi connectivity index (χ1) is 26.7. The summed E-state index contributed by atoms with van der Waals surface area (Å²) >= 11 is 0. The molecule has 56 heavy (non-hydrogen) atoms. The number of ether oxygens (including phenoxy) is 1. The van der Waals surface area contributed by atoms with Crippen LogP contribution < -0.4 is 20.3 Å². The summed E-state index contributed by atoms with van der Waals surface area (Å²) in [6.07, 6.45) is 4.97. The van der Waals surface area contributed by atoms with Crippen LogP contribution in [0.5, 0.6) is 5.75 Å². The topological polar surface area (TPSA) is 121 Å². The molecule has 7 rings (SSSR count). The minimum absolute atomic E-state index is 0.00180. The van der Waals surface area contributed by atoms with Crippen LogP contribution >= 0.6 is 0 Å². The normalized spacial score (nSPS) is 22.9. The summed E-state index contributed by atoms with van der Waals surface area (Å²) < 4.78 is 65.6. The Kier molecular flexibility index (Phi) is 11.3. The number of hydrogen-bond donors (Lipinski definition) is 2. The van der Waals surface area contributed by atoms with Gasteiger partial charge in [-0.3, -0.25) is 24.6 Å². The highest BCUT2D eigenvalue weighted by Gasteiger charge is 2.47. The number of piperidine rings is 2. The van der Waals surface area contributed by atoms with E-state index in [1.807, 2.05) is 24.9 Å². The molecule has 15 heteroatoms. The number of carbonyl (C=O) groups excluding carboxylic acids is 3. The summed E-state index contributed by atoms with van der Waals surface area (Å²) in [5, 5.41) is 4.97. The number of anilines is 2. The number of alkyl halides is 4. The number of halogens is 4. The maximum atomic E-state index is 15.7. The van der Waals surface area contributed by atoms with Gasteiger partial charge in [-0.05, 0) is 95.2 Å². The number of imide groups is 1. The lowest BCUT2D eigenvalue weighted by Gasteiger charge is -2.44. The Bertz CT molecular complexity index is 2070. The molecule has 2 atom stereocenters. The van der Waals surface area contributed by atoms with Crippen molar-refractivity contribution in [3.63, 3.8) is 0 Å². The van der Waals surface area contributed by atoms with Crippen LogP contribution in [0.4, 0.5) is 29.1 Å². The van der Waals surface area contributed by atoms with E-state index in [0.717, 1.165) is 36.9 Å². The zero-order valence-electron chi connectivity index (χ0n) is 31.7. The van der Waals surface area contributed by atoms with Gasteiger partial charge in [0.05, 0.1) is 35.9 Å². The van der Waals surface area contributed by atoms with Crippen molar-refractivity contribution in [2.24, 2.45) is 5.92 Å². The van der Waals surface area contributed by atoms with Crippen molar-refractivity contribution in [3.8, 4) is 5.75 Å². The van der Waals surface area contributed by atoms with Crippen molar-refractivity contribution in [1.82, 2.24) is 24.6 Å². The Morgan fingerprint density at radius 3 is 2.45 bits per heavy atom. The summed E-state index contributed by atoms with van der Waals surface area (Å²) in [5.74, 6) is -3.76. The predicted molar refractivity (Wildman–Crippen MR) is 203 cm³/mol. The monoisotopic (exact) mass is 777 g/mol. The number of amides is 3. The van der Waals surface area contributed by atoms with Crippen LogP contribution in [0.25, 0.3) is 5.65 Å². The van der Waals surface area contributed by atoms with Crippen LogP contribution in [0.2, 0.25) is 0 Å². The van der Waals surface area contributed by atoms with E-state index in [1.54, 1.807) is 52.9 Å². The van der Waals surface area contributed by atoms with Crippen LogP contribution in [-0.2, 0) is 9.59 Å². The minimum atomic E-state index is -2.93. The van der Waals surface area contributed by atoms with Crippen LogP contribution in [0.15, 0.2) is 60.9 Å². The zero-order valence-corrected chi connectivity index (χ0v) is 31.7. The molecule has 1 aromatic carbocycles. The third-order valence-electron chi connectivity index (χ3n) is 11.2. The molecule has 2 saturated heterocycles. The summed E-state index contributed by atoms with van der Waals surface area (Å²) in [4.78, 5) is 49.4. The van der Waals surface area contributed by atoms with E-state index in [-0.39, 0.29) is 47.6 Å². The summed E-state index contributed by atoms with van der Waals surface area (Å²) in [6.45, 7) is 4.34. The van der Waals surface area contributed by atoms with Crippen molar-refractivity contribution >= 4 is 34.9 Å². The second-order valence-corrected chi connectivity index (χ2v) is 15.6. The van der Waals surface area contributed by atoms with Crippen molar-refractivity contribution in [1.29, 1.82) is 0 Å². The highest BCUT2D eigenvalue weighted by atomic mass is 19.3. The second-order valence-electron chi connectivity index (χ2n) is 15.6. The molecule has 3 fully saturated rings. The molecule has 1 aliphatic carbocycles. The van der Waals surface area contributed by atoms with Gasteiger partial charge < -0.3 is 19.4 Å². The molecule has 0 spiro atoms. The molecule has 3 amide bonds. The van der Waals surface area contributed by atoms with Gasteiger partial charge in [0.25, 0.3) is 18.3 Å². The lowest BCUT2D eigenvalue weighted by Crippen LogP contribution is -2.58. The number of nitrogens with one attached hydrogen (secondary N) is 2. The van der Waals surface area contributed by atoms with Crippen LogP contribution in [0.3, 0.4) is 0 Å². The Morgan fingerprint density at radius 2 is 1.77 bits per heavy atom. The zero-order chi connectivity index (χ0) is 39.7. The van der Waals surface area contributed by atoms with Crippen LogP contribution in [0.1, 0.15) is 104 Å². The number of benzene rings is 1. The number of hydrogen-bond acceptors (Lipinski definition) is 8. The maximum absolute atomic E-state index is 15.7. The molecular weight excluding hydrogens is 730 g/mol. The molecule has 0 radical (unpaired) electrons. The van der Waals surface area contributed by atoms with Crippen molar-refractivity contribution in [2.75, 3.05) is 36.9 Å². The van der Waals surface area contributed by atoms with Gasteiger partial charge in [0.2, 0.25) is 11.8 Å². The van der Waals surface area contributed by atoms with Gasteiger partial charge in [-0.25, -0.2) is 27.5 Å². The molecule has 1 saturated carbocycles. The summed E-state index contributed by atoms with van der Waals surface area (Å²) in [5.41, 5.74) is 2.70. The molecule has 4 aromatic rings. The number of imidazole rings is 1. The van der Waals surface area contributed by atoms with E-state index >= 15 is 8.78 Å². The van der Waals surface area contributed by atoms with E-state index in [0.29, 0.717) is 43.0 Å². The number of rotatable bonds is 11. The summed E-state index contributed by atoms with van der Waals surface area (Å²) in [7, 11) is 1.80. The molecule has 2 unspecified atom stereocenters. The number of carbonyl (C=O) groups is 3. The minimum Gasteiger partial charge on any atom is -0.490 e. The summed E-state index contributed by atoms with van der Waals surface area (Å²) in [6, 6.07) is 12.0. The quantitative estimate of drug-likeness (QED) is 0.120. The molecule has 0 bridgehead atoms. The molecule has 298 valence electrons. The fourth-order valence-corrected chi connectivity index (χ4v) is 8.38. The Labute approximate surface area is 322 Å². The number of fused-ring (bicyclic) bond motifs is 1. The highest BCUT2D eigenvalue weighted by Crippen LogP contribution is 2.39. The Morgan fingerprint density at radius 1 is 1.02 bits per heavy atom. The Balaban J connectivity index is 0.948. The SMILES string of the molecule is CC(C)Oc1cc2nc(C3CCC(CN(C)C4CCN(c5ccc(C6CCC(=O)NC6=O)cc5)CC4(F)F)CC3)cn2cc1C(=O)Nc1cccc(C(F)F)n1. The number of pyridine rings is 2. The molecule has 11 nitrogen and oxygen atoms in total. The van der Waals surface area contributed by atoms with Gasteiger partial charge in [-0.2, -0.15) is 0 Å². The number of aromatic nitrogens is 3. The average molecular weight is 778 g/mol. The van der Waals surface area contributed by atoms with Crippen LogP contribution in [-0.4, -0.2) is 81.7 Å². The lowest BCUT2D eigenvalue weighted by molar-refractivity contribution is -0.134. The lowest BCUT2D eigenvalue weighted by atomic mass is 9.80. The first-order valence-corrected chi connectivity index (χ1v) is 19.3. The second kappa shape index (κ2) is 16.2. The smallest absolute Gasteiger partial charge is 0.280 e. The van der Waals surface area contributed by atoms with Crippen molar-refractivity contribution in [3.05, 3.63) is 83.4 Å². The Hall–Kier alpha value is -5.05. The first kappa shape index (κ1) is 39.2. The van der Waals surface area contributed by atoms with E-state index in [1.165, 1.54) is 18.2 Å². The van der Waals surface area contributed by atoms with Gasteiger partial charge >= 0.3 is 0 Å². The van der Waals surface area contributed by atoms with Gasteiger partial charge in [0.1, 0.15) is 22.9 Å². The largest absolute Gasteiger partial charge is 0.490 e. The van der Waals surface area contributed by atoms with E-state index in [2.05, 4.69) is 15.6 Å². The van der Waals surface area contributed by atoms with Gasteiger partial charge in [-0.15, -0.1) is 0 Å². The van der Waals surface area contributed by atoms with E-state index in [9.17, 15) is 23.2 Å². The maximum Gasteiger partial charge on any atom is 0.280 e. The fourth-order valence-electron chi connectivity index (χ4n) is 8.38. The first-order valence-electron chi connectivity index (χ1n) is 19.3. The molecule has 2 N–H and O–H groups in total. The molecule has 3 aromatic heterocycles. The third-order valence-corrected chi connectivity index (χ3v) is 11.2. The average Bonchev–Trinajstić information content (AvgIpc) is 3.57.